The second-order valence-corrected chi connectivity index (χ2v) is 14.1. The molecule has 0 saturated carbocycles. The van der Waals surface area contributed by atoms with Crippen LogP contribution in [-0.2, 0) is 28.5 Å². The number of esters is 2. The van der Waals surface area contributed by atoms with Crippen molar-refractivity contribution in [3.05, 3.63) is 0 Å². The van der Waals surface area contributed by atoms with Gasteiger partial charge in [-0.2, -0.15) is 0 Å². The van der Waals surface area contributed by atoms with Crippen LogP contribution in [0.1, 0.15) is 181 Å². The van der Waals surface area contributed by atoms with E-state index < -0.39 is 55.4 Å². The molecule has 4 N–H and O–H groups in total. The predicted molar refractivity (Wildman–Crippen MR) is 192 cm³/mol. The topological polar surface area (TPSA) is 152 Å². The van der Waals surface area contributed by atoms with Crippen LogP contribution >= 0.6 is 0 Å². The summed E-state index contributed by atoms with van der Waals surface area (Å²) in [5.41, 5.74) is 0. The Morgan fingerprint density at radius 3 is 1.43 bits per heavy atom. The minimum Gasteiger partial charge on any atom is -0.462 e. The maximum absolute atomic E-state index is 12.6. The molecule has 0 aliphatic carbocycles. The van der Waals surface area contributed by atoms with Crippen LogP contribution in [0.25, 0.3) is 0 Å². The van der Waals surface area contributed by atoms with E-state index in [-0.39, 0.29) is 26.1 Å². The molecule has 1 fully saturated rings. The standard InChI is InChI=1S/C39H74O10/c1-3-5-7-8-9-10-11-12-13-14-15-16-17-18-19-20-21-22-23-24-25-26-28-35(42)48-32(30-46-34(41)27-6-4-2)31-47-39-38(45)37(44)36(43)33(29-40)49-39/h32-33,36-40,43-45H,3-31H2,1-2H3. The molecule has 1 aliphatic heterocycles. The summed E-state index contributed by atoms with van der Waals surface area (Å²) in [7, 11) is 0. The number of carbonyl (C=O) groups excluding carboxylic acids is 2. The smallest absolute Gasteiger partial charge is 0.306 e. The van der Waals surface area contributed by atoms with Crippen molar-refractivity contribution in [2.24, 2.45) is 0 Å². The van der Waals surface area contributed by atoms with Gasteiger partial charge in [-0.1, -0.05) is 155 Å². The van der Waals surface area contributed by atoms with Gasteiger partial charge in [-0.15, -0.1) is 0 Å². The molecule has 0 aromatic rings. The van der Waals surface area contributed by atoms with E-state index in [2.05, 4.69) is 6.92 Å². The molecule has 1 aliphatic rings. The van der Waals surface area contributed by atoms with Crippen LogP contribution in [0.4, 0.5) is 0 Å². The number of carbonyl (C=O) groups is 2. The fourth-order valence-electron chi connectivity index (χ4n) is 6.23. The Morgan fingerprint density at radius 1 is 0.551 bits per heavy atom. The number of hydrogen-bond acceptors (Lipinski definition) is 10. The summed E-state index contributed by atoms with van der Waals surface area (Å²) < 4.78 is 21.7. The van der Waals surface area contributed by atoms with Gasteiger partial charge in [-0.3, -0.25) is 9.59 Å². The zero-order chi connectivity index (χ0) is 36.0. The second-order valence-electron chi connectivity index (χ2n) is 14.1. The minimum absolute atomic E-state index is 0.217. The SMILES string of the molecule is CCCCCCCCCCCCCCCCCCCCCCCCC(=O)OC(COC(=O)CCCC)COC1OC(CO)C(O)C(O)C1O. The van der Waals surface area contributed by atoms with Crippen molar-refractivity contribution in [3.8, 4) is 0 Å². The van der Waals surface area contributed by atoms with Crippen molar-refractivity contribution >= 4 is 11.9 Å². The molecule has 0 aromatic heterocycles. The fourth-order valence-corrected chi connectivity index (χ4v) is 6.23. The molecule has 0 aromatic carbocycles. The monoisotopic (exact) mass is 703 g/mol. The number of unbranched alkanes of at least 4 members (excludes halogenated alkanes) is 22. The van der Waals surface area contributed by atoms with E-state index in [0.29, 0.717) is 12.8 Å². The van der Waals surface area contributed by atoms with E-state index in [1.165, 1.54) is 116 Å². The zero-order valence-corrected chi connectivity index (χ0v) is 31.2. The summed E-state index contributed by atoms with van der Waals surface area (Å²) in [6.07, 6.45) is 22.5. The number of ether oxygens (including phenoxy) is 4. The van der Waals surface area contributed by atoms with Crippen LogP contribution in [0.2, 0.25) is 0 Å². The molecule has 0 bridgehead atoms. The summed E-state index contributed by atoms with van der Waals surface area (Å²) in [4.78, 5) is 24.6. The molecule has 1 heterocycles. The third-order valence-electron chi connectivity index (χ3n) is 9.49. The molecule has 0 amide bonds. The van der Waals surface area contributed by atoms with Gasteiger partial charge in [0, 0.05) is 12.8 Å². The van der Waals surface area contributed by atoms with Gasteiger partial charge in [0.15, 0.2) is 12.4 Å². The first-order chi connectivity index (χ1) is 23.8. The van der Waals surface area contributed by atoms with Crippen LogP contribution in [0.5, 0.6) is 0 Å². The van der Waals surface area contributed by atoms with Crippen molar-refractivity contribution in [3.63, 3.8) is 0 Å². The van der Waals surface area contributed by atoms with Crippen LogP contribution in [0.15, 0.2) is 0 Å². The summed E-state index contributed by atoms with van der Waals surface area (Å²) in [6.45, 7) is 3.17. The third-order valence-corrected chi connectivity index (χ3v) is 9.49. The number of hydrogen-bond donors (Lipinski definition) is 4. The summed E-state index contributed by atoms with van der Waals surface area (Å²) in [5, 5.41) is 39.6. The Balaban J connectivity index is 2.12. The highest BCUT2D eigenvalue weighted by molar-refractivity contribution is 5.70. The lowest BCUT2D eigenvalue weighted by molar-refractivity contribution is -0.305. The first-order valence-electron chi connectivity index (χ1n) is 20.1. The molecule has 49 heavy (non-hydrogen) atoms. The van der Waals surface area contributed by atoms with Crippen LogP contribution in [0, 0.1) is 0 Å². The Labute approximate surface area is 298 Å². The highest BCUT2D eigenvalue weighted by Gasteiger charge is 2.44. The van der Waals surface area contributed by atoms with Gasteiger partial charge in [-0.05, 0) is 12.8 Å². The lowest BCUT2D eigenvalue weighted by Gasteiger charge is -2.39. The van der Waals surface area contributed by atoms with E-state index in [0.717, 1.165) is 25.7 Å². The largest absolute Gasteiger partial charge is 0.462 e. The normalized spacial score (nSPS) is 21.5. The highest BCUT2D eigenvalue weighted by atomic mass is 16.7. The number of rotatable bonds is 33. The zero-order valence-electron chi connectivity index (χ0n) is 31.2. The van der Waals surface area contributed by atoms with Crippen molar-refractivity contribution < 1.29 is 49.0 Å². The molecule has 1 saturated heterocycles. The van der Waals surface area contributed by atoms with E-state index >= 15 is 0 Å². The Kier molecular flexibility index (Phi) is 29.3. The fraction of sp³-hybridized carbons (Fsp3) is 0.949. The van der Waals surface area contributed by atoms with Crippen molar-refractivity contribution in [2.45, 2.75) is 218 Å². The molecule has 6 unspecified atom stereocenters. The van der Waals surface area contributed by atoms with E-state index in [9.17, 15) is 30.0 Å². The van der Waals surface area contributed by atoms with Crippen LogP contribution < -0.4 is 0 Å². The van der Waals surface area contributed by atoms with Gasteiger partial charge in [-0.25, -0.2) is 0 Å². The quantitative estimate of drug-likeness (QED) is 0.0401. The highest BCUT2D eigenvalue weighted by Crippen LogP contribution is 2.22. The average Bonchev–Trinajstić information content (AvgIpc) is 3.10. The molecule has 0 spiro atoms. The predicted octanol–water partition coefficient (Wildman–Crippen LogP) is 7.44. The second kappa shape index (κ2) is 31.4. The lowest BCUT2D eigenvalue weighted by Crippen LogP contribution is -2.59. The average molecular weight is 703 g/mol. The van der Waals surface area contributed by atoms with Gasteiger partial charge in [0.25, 0.3) is 0 Å². The molecule has 6 atom stereocenters. The van der Waals surface area contributed by atoms with E-state index in [1.807, 2.05) is 6.92 Å². The maximum Gasteiger partial charge on any atom is 0.306 e. The summed E-state index contributed by atoms with van der Waals surface area (Å²) in [5.74, 6) is -0.837. The third kappa shape index (κ3) is 23.7. The molecule has 0 radical (unpaired) electrons. The lowest BCUT2D eigenvalue weighted by atomic mass is 9.99. The number of aliphatic hydroxyl groups is 4. The van der Waals surface area contributed by atoms with Crippen molar-refractivity contribution in [1.82, 2.24) is 0 Å². The van der Waals surface area contributed by atoms with Gasteiger partial charge in [0.1, 0.15) is 31.0 Å². The van der Waals surface area contributed by atoms with Crippen LogP contribution in [-0.4, -0.2) is 89.0 Å². The van der Waals surface area contributed by atoms with Gasteiger partial charge >= 0.3 is 11.9 Å². The minimum atomic E-state index is -1.59. The maximum atomic E-state index is 12.6. The van der Waals surface area contributed by atoms with E-state index in [1.54, 1.807) is 0 Å². The molecular weight excluding hydrogens is 628 g/mol. The molecule has 10 nitrogen and oxygen atoms in total. The van der Waals surface area contributed by atoms with Gasteiger partial charge in [0.05, 0.1) is 13.2 Å². The van der Waals surface area contributed by atoms with Crippen molar-refractivity contribution in [2.75, 3.05) is 19.8 Å². The first kappa shape index (κ1) is 45.7. The Hall–Kier alpha value is -1.30. The first-order valence-corrected chi connectivity index (χ1v) is 20.1. The molecule has 10 heteroatoms. The Bertz CT molecular complexity index is 779. The molecule has 1 rings (SSSR count). The number of aliphatic hydroxyl groups excluding tert-OH is 4. The summed E-state index contributed by atoms with van der Waals surface area (Å²) in [6, 6.07) is 0. The molecule has 290 valence electrons. The van der Waals surface area contributed by atoms with Gasteiger partial charge in [0.2, 0.25) is 0 Å². The molecular formula is C39H74O10. The Morgan fingerprint density at radius 2 is 0.980 bits per heavy atom. The van der Waals surface area contributed by atoms with Crippen molar-refractivity contribution in [1.29, 1.82) is 0 Å². The van der Waals surface area contributed by atoms with Crippen LogP contribution in [0.3, 0.4) is 0 Å². The summed E-state index contributed by atoms with van der Waals surface area (Å²) >= 11 is 0. The van der Waals surface area contributed by atoms with E-state index in [4.69, 9.17) is 18.9 Å². The van der Waals surface area contributed by atoms with Gasteiger partial charge < -0.3 is 39.4 Å².